The van der Waals surface area contributed by atoms with E-state index in [0.29, 0.717) is 16.8 Å². The average Bonchev–Trinajstić information content (AvgIpc) is 2.30. The molecule has 1 aliphatic heterocycles. The third-order valence-corrected chi connectivity index (χ3v) is 2.79. The molecule has 0 aromatic carbocycles. The maximum atomic E-state index is 5.73. The number of rotatable bonds is 3. The van der Waals surface area contributed by atoms with Gasteiger partial charge in [-0.2, -0.15) is 0 Å². The van der Waals surface area contributed by atoms with Gasteiger partial charge in [0.25, 0.3) is 0 Å². The Morgan fingerprint density at radius 3 is 3.13 bits per heavy atom. The van der Waals surface area contributed by atoms with E-state index in [0.717, 1.165) is 19.7 Å². The summed E-state index contributed by atoms with van der Waals surface area (Å²) in [4.78, 5) is 4.09. The van der Waals surface area contributed by atoms with Crippen molar-refractivity contribution >= 4 is 11.6 Å². The Kier molecular flexibility index (Phi) is 3.80. The highest BCUT2D eigenvalue weighted by molar-refractivity contribution is 6.30. The van der Waals surface area contributed by atoms with Crippen molar-refractivity contribution in [3.63, 3.8) is 0 Å². The fraction of sp³-hybridized carbons (Fsp3) is 0.545. The van der Waals surface area contributed by atoms with Crippen LogP contribution in [0.1, 0.15) is 12.8 Å². The number of nitrogens with one attached hydrogen (secondary N) is 1. The molecule has 1 unspecified atom stereocenters. The fourth-order valence-electron chi connectivity index (χ4n) is 1.72. The molecule has 0 radical (unpaired) electrons. The quantitative estimate of drug-likeness (QED) is 0.857. The maximum Gasteiger partial charge on any atom is 0.213 e. The number of pyridine rings is 1. The molecule has 82 valence electrons. The minimum Gasteiger partial charge on any atom is -0.477 e. The summed E-state index contributed by atoms with van der Waals surface area (Å²) in [7, 11) is 0. The van der Waals surface area contributed by atoms with Crippen LogP contribution in [0.4, 0.5) is 0 Å². The topological polar surface area (TPSA) is 34.1 Å². The smallest absolute Gasteiger partial charge is 0.213 e. The van der Waals surface area contributed by atoms with E-state index in [4.69, 9.17) is 16.3 Å². The number of halogens is 1. The van der Waals surface area contributed by atoms with Crippen LogP contribution >= 0.6 is 11.6 Å². The fourth-order valence-corrected chi connectivity index (χ4v) is 1.83. The molecule has 2 rings (SSSR count). The van der Waals surface area contributed by atoms with Crippen molar-refractivity contribution in [3.8, 4) is 5.88 Å². The predicted octanol–water partition coefficient (Wildman–Crippen LogP) is 2.11. The van der Waals surface area contributed by atoms with E-state index in [1.165, 1.54) is 12.8 Å². The zero-order valence-corrected chi connectivity index (χ0v) is 9.33. The molecule has 3 nitrogen and oxygen atoms in total. The van der Waals surface area contributed by atoms with Crippen molar-refractivity contribution in [1.82, 2.24) is 10.3 Å². The molecule has 1 saturated heterocycles. The lowest BCUT2D eigenvalue weighted by Crippen LogP contribution is -2.33. The lowest BCUT2D eigenvalue weighted by molar-refractivity contribution is 0.212. The molecule has 1 atom stereocenters. The van der Waals surface area contributed by atoms with E-state index >= 15 is 0 Å². The molecule has 0 amide bonds. The number of piperidine rings is 1. The summed E-state index contributed by atoms with van der Waals surface area (Å²) in [5, 5.41) is 4.00. The molecular formula is C11H15ClN2O. The Morgan fingerprint density at radius 2 is 2.47 bits per heavy atom. The lowest BCUT2D eigenvalue weighted by atomic mass is 10.0. The Morgan fingerprint density at radius 1 is 1.53 bits per heavy atom. The summed E-state index contributed by atoms with van der Waals surface area (Å²) in [5.74, 6) is 1.27. The molecule has 1 aromatic heterocycles. The number of nitrogens with zero attached hydrogens (tertiary/aromatic N) is 1. The Balaban J connectivity index is 1.79. The van der Waals surface area contributed by atoms with Gasteiger partial charge in [-0.1, -0.05) is 11.6 Å². The molecule has 4 heteroatoms. The van der Waals surface area contributed by atoms with Gasteiger partial charge >= 0.3 is 0 Å². The van der Waals surface area contributed by atoms with Gasteiger partial charge in [0.1, 0.15) is 0 Å². The molecule has 0 aliphatic carbocycles. The first-order valence-corrected chi connectivity index (χ1v) is 5.67. The SMILES string of the molecule is Clc1ccc(OCC2CCCNC2)nc1. The van der Waals surface area contributed by atoms with Gasteiger partial charge in [-0.05, 0) is 25.5 Å². The number of aromatic nitrogens is 1. The van der Waals surface area contributed by atoms with Crippen molar-refractivity contribution in [2.45, 2.75) is 12.8 Å². The monoisotopic (exact) mass is 226 g/mol. The van der Waals surface area contributed by atoms with Gasteiger partial charge in [0.2, 0.25) is 5.88 Å². The van der Waals surface area contributed by atoms with Crippen LogP contribution < -0.4 is 10.1 Å². The highest BCUT2D eigenvalue weighted by atomic mass is 35.5. The molecule has 1 fully saturated rings. The summed E-state index contributed by atoms with van der Waals surface area (Å²) < 4.78 is 5.59. The summed E-state index contributed by atoms with van der Waals surface area (Å²) >= 11 is 5.73. The van der Waals surface area contributed by atoms with Gasteiger partial charge in [0.15, 0.2) is 0 Å². The first-order chi connectivity index (χ1) is 7.34. The zero-order chi connectivity index (χ0) is 10.5. The van der Waals surface area contributed by atoms with Crippen LogP contribution in [0.5, 0.6) is 5.88 Å². The van der Waals surface area contributed by atoms with Gasteiger partial charge in [-0.15, -0.1) is 0 Å². The van der Waals surface area contributed by atoms with E-state index in [9.17, 15) is 0 Å². The van der Waals surface area contributed by atoms with Crippen LogP contribution in [0.15, 0.2) is 18.3 Å². The third-order valence-electron chi connectivity index (χ3n) is 2.57. The number of hydrogen-bond donors (Lipinski definition) is 1. The first kappa shape index (κ1) is 10.7. The van der Waals surface area contributed by atoms with Crippen molar-refractivity contribution in [1.29, 1.82) is 0 Å². The summed E-state index contributed by atoms with van der Waals surface area (Å²) in [6.45, 7) is 2.92. The van der Waals surface area contributed by atoms with Gasteiger partial charge in [-0.3, -0.25) is 0 Å². The van der Waals surface area contributed by atoms with Crippen LogP contribution in [0.3, 0.4) is 0 Å². The highest BCUT2D eigenvalue weighted by Crippen LogP contribution is 2.14. The van der Waals surface area contributed by atoms with E-state index in [-0.39, 0.29) is 0 Å². The molecule has 1 N–H and O–H groups in total. The van der Waals surface area contributed by atoms with Gasteiger partial charge in [-0.25, -0.2) is 4.98 Å². The average molecular weight is 227 g/mol. The van der Waals surface area contributed by atoms with Crippen LogP contribution in [-0.2, 0) is 0 Å². The van der Waals surface area contributed by atoms with E-state index < -0.39 is 0 Å². The van der Waals surface area contributed by atoms with Crippen molar-refractivity contribution in [2.75, 3.05) is 19.7 Å². The Labute approximate surface area is 94.8 Å². The van der Waals surface area contributed by atoms with Crippen LogP contribution in [0, 0.1) is 5.92 Å². The van der Waals surface area contributed by atoms with Gasteiger partial charge in [0, 0.05) is 24.7 Å². The highest BCUT2D eigenvalue weighted by Gasteiger charge is 2.13. The lowest BCUT2D eigenvalue weighted by Gasteiger charge is -2.22. The van der Waals surface area contributed by atoms with Crippen molar-refractivity contribution in [2.24, 2.45) is 5.92 Å². The molecular weight excluding hydrogens is 212 g/mol. The Hall–Kier alpha value is -0.800. The second-order valence-corrected chi connectivity index (χ2v) is 4.27. The van der Waals surface area contributed by atoms with Crippen LogP contribution in [0.25, 0.3) is 0 Å². The molecule has 15 heavy (non-hydrogen) atoms. The van der Waals surface area contributed by atoms with E-state index in [1.807, 2.05) is 0 Å². The second-order valence-electron chi connectivity index (χ2n) is 3.84. The molecule has 0 saturated carbocycles. The maximum absolute atomic E-state index is 5.73. The van der Waals surface area contributed by atoms with E-state index in [2.05, 4.69) is 10.3 Å². The standard InChI is InChI=1S/C11H15ClN2O/c12-10-3-4-11(14-7-10)15-8-9-2-1-5-13-6-9/h3-4,7,9,13H,1-2,5-6,8H2. The van der Waals surface area contributed by atoms with Gasteiger partial charge < -0.3 is 10.1 Å². The summed E-state index contributed by atoms with van der Waals surface area (Å²) in [6.07, 6.45) is 4.08. The molecule has 1 aliphatic rings. The van der Waals surface area contributed by atoms with Gasteiger partial charge in [0.05, 0.1) is 11.6 Å². The van der Waals surface area contributed by atoms with Crippen molar-refractivity contribution in [3.05, 3.63) is 23.4 Å². The van der Waals surface area contributed by atoms with Crippen LogP contribution in [-0.4, -0.2) is 24.7 Å². The van der Waals surface area contributed by atoms with Crippen LogP contribution in [0.2, 0.25) is 5.02 Å². The number of ether oxygens (including phenoxy) is 1. The minimum absolute atomic E-state index is 0.608. The molecule has 0 bridgehead atoms. The third kappa shape index (κ3) is 3.36. The molecule has 2 heterocycles. The predicted molar refractivity (Wildman–Crippen MR) is 60.3 cm³/mol. The first-order valence-electron chi connectivity index (χ1n) is 5.29. The second kappa shape index (κ2) is 5.33. The minimum atomic E-state index is 0.608. The summed E-state index contributed by atoms with van der Waals surface area (Å²) in [5.41, 5.74) is 0. The molecule has 1 aromatic rings. The number of hydrogen-bond acceptors (Lipinski definition) is 3. The van der Waals surface area contributed by atoms with E-state index in [1.54, 1.807) is 18.3 Å². The molecule has 0 spiro atoms. The largest absolute Gasteiger partial charge is 0.477 e. The summed E-state index contributed by atoms with van der Waals surface area (Å²) in [6, 6.07) is 3.60. The Bertz CT molecular complexity index is 296. The normalized spacial score (nSPS) is 21.3. The zero-order valence-electron chi connectivity index (χ0n) is 8.58. The van der Waals surface area contributed by atoms with Crippen molar-refractivity contribution < 1.29 is 4.74 Å².